The van der Waals surface area contributed by atoms with Crippen LogP contribution in [0.25, 0.3) is 66.1 Å². The van der Waals surface area contributed by atoms with Crippen LogP contribution in [0.5, 0.6) is 0 Å². The molecular weight excluding hydrogens is 583 g/mol. The molecule has 1 heterocycles. The zero-order valence-corrected chi connectivity index (χ0v) is 25.9. The predicted molar refractivity (Wildman–Crippen MR) is 202 cm³/mol. The third kappa shape index (κ3) is 5.01. The van der Waals surface area contributed by atoms with Crippen molar-refractivity contribution in [3.05, 3.63) is 188 Å². The highest BCUT2D eigenvalue weighted by molar-refractivity contribution is 6.09. The smallest absolute Gasteiger partial charge is 0.143 e. The molecule has 0 amide bonds. The number of rotatable bonds is 6. The minimum absolute atomic E-state index is 0.0793. The molecule has 9 aromatic rings. The first-order valence-corrected chi connectivity index (χ1v) is 15.9. The molecule has 0 saturated heterocycles. The maximum atomic E-state index is 8.87. The number of nitrogens with zero attached hydrogens (tertiary/aromatic N) is 1. The number of fused-ring (bicyclic) bond motifs is 4. The Hall–Kier alpha value is -6.38. The van der Waals surface area contributed by atoms with Gasteiger partial charge in [-0.05, 0) is 87.1 Å². The molecule has 2 nitrogen and oxygen atoms in total. The van der Waals surface area contributed by atoms with Crippen LogP contribution in [-0.4, -0.2) is 0 Å². The highest BCUT2D eigenvalue weighted by Crippen LogP contribution is 2.39. The van der Waals surface area contributed by atoms with Crippen molar-refractivity contribution in [3.63, 3.8) is 0 Å². The third-order valence-electron chi connectivity index (χ3n) is 8.98. The first kappa shape index (κ1) is 23.0. The summed E-state index contributed by atoms with van der Waals surface area (Å²) in [4.78, 5) is 1.73. The second-order valence-corrected chi connectivity index (χ2v) is 11.8. The number of para-hydroxylation sites is 3. The van der Waals surface area contributed by atoms with Crippen molar-refractivity contribution in [2.45, 2.75) is 0 Å². The van der Waals surface area contributed by atoms with Gasteiger partial charge in [-0.25, -0.2) is 0 Å². The predicted octanol–water partition coefficient (Wildman–Crippen LogP) is 13.2. The van der Waals surface area contributed by atoms with Crippen molar-refractivity contribution < 1.29 is 11.3 Å². The molecule has 0 radical (unpaired) electrons. The molecule has 0 aliphatic carbocycles. The van der Waals surface area contributed by atoms with E-state index in [1.807, 2.05) is 84.9 Å². The Labute approximate surface area is 286 Å². The Kier molecular flexibility index (Phi) is 5.64. The first-order chi connectivity index (χ1) is 25.9. The van der Waals surface area contributed by atoms with Gasteiger partial charge < -0.3 is 9.32 Å². The van der Waals surface area contributed by atoms with E-state index in [1.165, 1.54) is 10.8 Å². The summed E-state index contributed by atoms with van der Waals surface area (Å²) in [5.74, 6) is 0. The van der Waals surface area contributed by atoms with Crippen LogP contribution in [-0.2, 0) is 0 Å². The van der Waals surface area contributed by atoms with E-state index < -0.39 is 6.04 Å². The zero-order chi connectivity index (χ0) is 36.2. The minimum atomic E-state index is -0.430. The fourth-order valence-electron chi connectivity index (χ4n) is 6.55. The van der Waals surface area contributed by atoms with Crippen molar-refractivity contribution in [2.24, 2.45) is 0 Å². The van der Waals surface area contributed by atoms with Gasteiger partial charge in [0.15, 0.2) is 0 Å². The molecule has 8 aromatic carbocycles. The van der Waals surface area contributed by atoms with Gasteiger partial charge in [-0.15, -0.1) is 0 Å². The normalized spacial score (nSPS) is 12.8. The maximum absolute atomic E-state index is 8.87. The van der Waals surface area contributed by atoms with Crippen molar-refractivity contribution in [1.82, 2.24) is 0 Å². The second-order valence-electron chi connectivity index (χ2n) is 11.8. The quantitative estimate of drug-likeness (QED) is 0.184. The Morgan fingerprint density at radius 1 is 0.417 bits per heavy atom. The van der Waals surface area contributed by atoms with Crippen LogP contribution in [0.2, 0.25) is 0 Å². The largest absolute Gasteiger partial charge is 0.455 e. The zero-order valence-electron chi connectivity index (χ0n) is 30.9. The van der Waals surface area contributed by atoms with Gasteiger partial charge in [0.25, 0.3) is 0 Å². The number of benzene rings is 8. The number of hydrogen-bond donors (Lipinski definition) is 0. The van der Waals surface area contributed by atoms with Crippen molar-refractivity contribution in [2.75, 3.05) is 4.90 Å². The van der Waals surface area contributed by atoms with Gasteiger partial charge in [0.05, 0.1) is 6.85 Å². The van der Waals surface area contributed by atoms with Gasteiger partial charge in [0.1, 0.15) is 11.2 Å². The van der Waals surface area contributed by atoms with Gasteiger partial charge >= 0.3 is 0 Å². The Balaban J connectivity index is 1.09. The van der Waals surface area contributed by atoms with Crippen LogP contribution >= 0.6 is 0 Å². The molecule has 0 aliphatic rings. The molecule has 9 rings (SSSR count). The van der Waals surface area contributed by atoms with Crippen LogP contribution in [0.15, 0.2) is 192 Å². The van der Waals surface area contributed by atoms with Crippen LogP contribution in [0.4, 0.5) is 17.1 Å². The molecule has 226 valence electrons. The van der Waals surface area contributed by atoms with Crippen molar-refractivity contribution >= 4 is 49.8 Å². The lowest BCUT2D eigenvalue weighted by Gasteiger charge is -2.26. The summed E-state index contributed by atoms with van der Waals surface area (Å²) in [6, 6.07) is 51.3. The van der Waals surface area contributed by atoms with Gasteiger partial charge in [0.2, 0.25) is 0 Å². The van der Waals surface area contributed by atoms with E-state index in [9.17, 15) is 0 Å². The number of anilines is 3. The fraction of sp³-hybridized carbons (Fsp3) is 0. The van der Waals surface area contributed by atoms with E-state index in [0.29, 0.717) is 11.4 Å². The summed E-state index contributed by atoms with van der Waals surface area (Å²) in [5.41, 5.74) is 9.20. The standard InChI is InChI=1S/C46H31NO/c1-2-11-39(12-3-1)47(41-29-25-36(26-30-41)42-14-8-15-44-43-13-6-7-16-45(43)48-46(42)44)40-27-23-34(24-28-40)33-17-19-35(20-18-33)38-22-21-32-9-4-5-10-37(32)31-38/h1-31H/i1D,2D,3D,11D,12D. The van der Waals surface area contributed by atoms with E-state index in [-0.39, 0.29) is 29.9 Å². The summed E-state index contributed by atoms with van der Waals surface area (Å²) in [7, 11) is 0. The molecule has 48 heavy (non-hydrogen) atoms. The number of hydrogen-bond acceptors (Lipinski definition) is 2. The van der Waals surface area contributed by atoms with Crippen molar-refractivity contribution in [3.8, 4) is 33.4 Å². The SMILES string of the molecule is [2H]c1c([2H])c([2H])c(N(c2ccc(-c3ccc(-c4ccc5ccccc5c4)cc3)cc2)c2ccc(-c3cccc4c3oc3ccccc34)cc2)c([2H])c1[2H]. The molecule has 0 spiro atoms. The summed E-state index contributed by atoms with van der Waals surface area (Å²) in [5, 5.41) is 4.50. The lowest BCUT2D eigenvalue weighted by Crippen LogP contribution is -2.09. The lowest BCUT2D eigenvalue weighted by molar-refractivity contribution is 0.670. The third-order valence-corrected chi connectivity index (χ3v) is 8.98. The minimum Gasteiger partial charge on any atom is -0.455 e. The maximum Gasteiger partial charge on any atom is 0.143 e. The molecule has 0 fully saturated rings. The van der Waals surface area contributed by atoms with E-state index in [1.54, 1.807) is 4.90 Å². The topological polar surface area (TPSA) is 16.4 Å². The molecule has 0 saturated carbocycles. The average molecular weight is 619 g/mol. The van der Waals surface area contributed by atoms with Gasteiger partial charge in [-0.1, -0.05) is 139 Å². The summed E-state index contributed by atoms with van der Waals surface area (Å²) < 4.78 is 49.1. The molecule has 0 atom stereocenters. The van der Waals surface area contributed by atoms with Crippen molar-refractivity contribution in [1.29, 1.82) is 0 Å². The van der Waals surface area contributed by atoms with E-state index in [4.69, 9.17) is 11.3 Å². The Morgan fingerprint density at radius 3 is 1.71 bits per heavy atom. The number of furan rings is 1. The van der Waals surface area contributed by atoms with Gasteiger partial charge in [0, 0.05) is 33.4 Å². The summed E-state index contributed by atoms with van der Waals surface area (Å²) in [6.45, 7) is 0. The highest BCUT2D eigenvalue weighted by Gasteiger charge is 2.15. The van der Waals surface area contributed by atoms with Crippen LogP contribution in [0.1, 0.15) is 6.85 Å². The van der Waals surface area contributed by atoms with Crippen LogP contribution in [0.3, 0.4) is 0 Å². The first-order valence-electron chi connectivity index (χ1n) is 18.4. The van der Waals surface area contributed by atoms with E-state index >= 15 is 0 Å². The van der Waals surface area contributed by atoms with Crippen LogP contribution in [0, 0.1) is 0 Å². The monoisotopic (exact) mass is 618 g/mol. The lowest BCUT2D eigenvalue weighted by atomic mass is 9.98. The fourth-order valence-corrected chi connectivity index (χ4v) is 6.55. The molecule has 0 N–H and O–H groups in total. The summed E-state index contributed by atoms with van der Waals surface area (Å²) >= 11 is 0. The van der Waals surface area contributed by atoms with E-state index in [2.05, 4.69) is 72.8 Å². The van der Waals surface area contributed by atoms with Crippen LogP contribution < -0.4 is 4.90 Å². The highest BCUT2D eigenvalue weighted by atomic mass is 16.3. The molecule has 1 aromatic heterocycles. The average Bonchev–Trinajstić information content (AvgIpc) is 3.60. The molecule has 2 heteroatoms. The molecule has 0 unspecified atom stereocenters. The molecule has 0 aliphatic heterocycles. The summed E-state index contributed by atoms with van der Waals surface area (Å²) in [6.07, 6.45) is 0. The molecular formula is C46H31NO. The Morgan fingerprint density at radius 2 is 0.979 bits per heavy atom. The molecule has 0 bridgehead atoms. The van der Waals surface area contributed by atoms with Gasteiger partial charge in [-0.3, -0.25) is 0 Å². The Bertz CT molecular complexity index is 2800. The second kappa shape index (κ2) is 11.8. The van der Waals surface area contributed by atoms with E-state index in [0.717, 1.165) is 55.3 Å². The van der Waals surface area contributed by atoms with Gasteiger partial charge in [-0.2, -0.15) is 0 Å².